The second-order valence-corrected chi connectivity index (χ2v) is 5.55. The van der Waals surface area contributed by atoms with Crippen molar-refractivity contribution in [3.63, 3.8) is 0 Å². The third kappa shape index (κ3) is 10.3. The average Bonchev–Trinajstić information content (AvgIpc) is 2.22. The lowest BCUT2D eigenvalue weighted by Crippen LogP contribution is -2.20. The van der Waals surface area contributed by atoms with E-state index in [1.54, 1.807) is 0 Å². The van der Waals surface area contributed by atoms with Gasteiger partial charge in [-0.1, -0.05) is 45.4 Å². The largest absolute Gasteiger partial charge is 0.413 e. The molecule has 0 fully saturated rings. The molecule has 0 amide bonds. The van der Waals surface area contributed by atoms with Crippen molar-refractivity contribution < 1.29 is 13.0 Å². The number of unbranched alkanes of at least 4 members (excludes halogenated alkanes) is 7. The fraction of sp³-hybridized carbons (Fsp3) is 1.00. The average molecular weight is 237 g/mol. The monoisotopic (exact) mass is 237 g/mol. The van der Waals surface area contributed by atoms with E-state index in [2.05, 4.69) is 17.1 Å². The van der Waals surface area contributed by atoms with Crippen molar-refractivity contribution in [2.24, 2.45) is 5.90 Å². The lowest BCUT2D eigenvalue weighted by atomic mass is 10.1. The van der Waals surface area contributed by atoms with Gasteiger partial charge in [-0.25, -0.2) is 0 Å². The quantitative estimate of drug-likeness (QED) is 0.361. The molecule has 0 heterocycles. The molecule has 0 rings (SSSR count). The summed E-state index contributed by atoms with van der Waals surface area (Å²) in [6.07, 6.45) is 8.99. The number of nitrogens with two attached hydrogens (primary N) is 1. The molecule has 1 unspecified atom stereocenters. The summed E-state index contributed by atoms with van der Waals surface area (Å²) >= 11 is 0. The van der Waals surface area contributed by atoms with Gasteiger partial charge in [0, 0.05) is 0 Å². The minimum atomic E-state index is -3.44. The van der Waals surface area contributed by atoms with Crippen molar-refractivity contribution in [1.29, 1.82) is 0 Å². The van der Waals surface area contributed by atoms with E-state index in [4.69, 9.17) is 0 Å². The van der Waals surface area contributed by atoms with Gasteiger partial charge < -0.3 is 0 Å². The zero-order chi connectivity index (χ0) is 11.6. The molecule has 0 aromatic rings. The van der Waals surface area contributed by atoms with Gasteiger partial charge in [-0.3, -0.25) is 0 Å². The first kappa shape index (κ1) is 15.0. The summed E-state index contributed by atoms with van der Waals surface area (Å²) in [5.74, 6) is 4.65. The Balaban J connectivity index is 3.15. The van der Waals surface area contributed by atoms with Gasteiger partial charge in [-0.15, -0.1) is 0 Å². The standard InChI is InChI=1S/C10H23NO3S/c1-2-3-4-5-6-7-8-9-10-15(12,13)14-11/h2-11H2,1H3/q+1. The van der Waals surface area contributed by atoms with Crippen LogP contribution in [-0.4, -0.2) is 5.75 Å². The van der Waals surface area contributed by atoms with E-state index in [0.717, 1.165) is 12.8 Å². The fourth-order valence-corrected chi connectivity index (χ4v) is 2.11. The maximum Gasteiger partial charge on any atom is 0.413 e. The molecule has 2 N–H and O–H groups in total. The molecule has 1 radical (unpaired) electrons. The van der Waals surface area contributed by atoms with Crippen LogP contribution in [0.4, 0.5) is 0 Å². The Bertz CT molecular complexity index is 188. The molecule has 5 heteroatoms. The molecule has 0 saturated carbocycles. The van der Waals surface area contributed by atoms with Crippen LogP contribution >= 0.6 is 0 Å². The van der Waals surface area contributed by atoms with Crippen LogP contribution in [0.25, 0.3) is 0 Å². The smallest absolute Gasteiger partial charge is 0.161 e. The zero-order valence-electron chi connectivity index (χ0n) is 9.57. The van der Waals surface area contributed by atoms with Crippen LogP contribution in [0.15, 0.2) is 0 Å². The van der Waals surface area contributed by atoms with Crippen LogP contribution in [0.2, 0.25) is 0 Å². The van der Waals surface area contributed by atoms with Crippen molar-refractivity contribution in [3.05, 3.63) is 0 Å². The van der Waals surface area contributed by atoms with E-state index in [0.29, 0.717) is 6.42 Å². The molecule has 0 bridgehead atoms. The second-order valence-electron chi connectivity index (χ2n) is 3.83. The first-order chi connectivity index (χ1) is 7.12. The summed E-state index contributed by atoms with van der Waals surface area (Å²) in [7, 11) is -3.44. The minimum absolute atomic E-state index is 0.0401. The van der Waals surface area contributed by atoms with Gasteiger partial charge in [0.15, 0.2) is 5.75 Å². The molecule has 0 aliphatic rings. The van der Waals surface area contributed by atoms with Gasteiger partial charge in [-0.05, 0) is 21.3 Å². The lowest BCUT2D eigenvalue weighted by Gasteiger charge is -2.00. The normalized spacial score (nSPS) is 15.1. The minimum Gasteiger partial charge on any atom is -0.161 e. The van der Waals surface area contributed by atoms with Gasteiger partial charge in [0.2, 0.25) is 0 Å². The van der Waals surface area contributed by atoms with Gasteiger partial charge in [0.1, 0.15) is 0 Å². The van der Waals surface area contributed by atoms with Crippen LogP contribution in [0.5, 0.6) is 0 Å². The SMILES string of the molecule is CCCCCCCCCC[S+]([O])(=O)ON. The van der Waals surface area contributed by atoms with E-state index in [1.807, 2.05) is 0 Å². The molecule has 0 spiro atoms. The third-order valence-corrected chi connectivity index (χ3v) is 3.48. The van der Waals surface area contributed by atoms with Crippen molar-refractivity contribution in [2.45, 2.75) is 58.3 Å². The van der Waals surface area contributed by atoms with Crippen LogP contribution in [0.1, 0.15) is 58.3 Å². The van der Waals surface area contributed by atoms with E-state index >= 15 is 0 Å². The Morgan fingerprint density at radius 2 is 1.47 bits per heavy atom. The van der Waals surface area contributed by atoms with Crippen LogP contribution < -0.4 is 5.90 Å². The van der Waals surface area contributed by atoms with Crippen molar-refractivity contribution in [1.82, 2.24) is 0 Å². The Labute approximate surface area is 94.0 Å². The first-order valence-corrected chi connectivity index (χ1v) is 7.31. The van der Waals surface area contributed by atoms with Crippen molar-refractivity contribution in [2.75, 3.05) is 5.75 Å². The van der Waals surface area contributed by atoms with E-state index in [1.165, 1.54) is 32.1 Å². The summed E-state index contributed by atoms with van der Waals surface area (Å²) in [5, 5.41) is 0. The maximum absolute atomic E-state index is 10.8. The molecule has 0 aliphatic carbocycles. The topological polar surface area (TPSA) is 72.2 Å². The number of hydrogen-bond donors (Lipinski definition) is 1. The van der Waals surface area contributed by atoms with Gasteiger partial charge in [-0.2, -0.15) is 5.90 Å². The summed E-state index contributed by atoms with van der Waals surface area (Å²) < 4.78 is 25.5. The third-order valence-electron chi connectivity index (χ3n) is 2.39. The molecular formula is C10H23NO3S+. The first-order valence-electron chi connectivity index (χ1n) is 5.73. The molecule has 0 aliphatic heterocycles. The Kier molecular flexibility index (Phi) is 9.29. The van der Waals surface area contributed by atoms with E-state index < -0.39 is 10.5 Å². The highest BCUT2D eigenvalue weighted by Crippen LogP contribution is 2.10. The lowest BCUT2D eigenvalue weighted by molar-refractivity contribution is 0.261. The highest BCUT2D eigenvalue weighted by molar-refractivity contribution is 7.92. The molecule has 4 nitrogen and oxygen atoms in total. The summed E-state index contributed by atoms with van der Waals surface area (Å²) in [6, 6.07) is 0. The Morgan fingerprint density at radius 3 is 1.93 bits per heavy atom. The van der Waals surface area contributed by atoms with Gasteiger partial charge >= 0.3 is 10.5 Å². The van der Waals surface area contributed by atoms with Crippen molar-refractivity contribution in [3.8, 4) is 0 Å². The number of hydrogen-bond acceptors (Lipinski definition) is 3. The highest BCUT2D eigenvalue weighted by Gasteiger charge is 2.28. The van der Waals surface area contributed by atoms with Crippen LogP contribution in [0, 0.1) is 0 Å². The summed E-state index contributed by atoms with van der Waals surface area (Å²) in [4.78, 5) is 0. The predicted molar refractivity (Wildman–Crippen MR) is 61.5 cm³/mol. The molecule has 91 valence electrons. The predicted octanol–water partition coefficient (Wildman–Crippen LogP) is 2.78. The van der Waals surface area contributed by atoms with Crippen LogP contribution in [0.3, 0.4) is 0 Å². The molecular weight excluding hydrogens is 214 g/mol. The van der Waals surface area contributed by atoms with Crippen molar-refractivity contribution >= 4 is 10.5 Å². The molecule has 0 saturated heterocycles. The molecule has 0 aromatic heterocycles. The zero-order valence-corrected chi connectivity index (χ0v) is 10.4. The summed E-state index contributed by atoms with van der Waals surface area (Å²) in [5.41, 5.74) is 0. The molecule has 1 atom stereocenters. The van der Waals surface area contributed by atoms with Crippen LogP contribution in [-0.2, 0) is 23.5 Å². The Hall–Kier alpha value is 0.0300. The fourth-order valence-electron chi connectivity index (χ4n) is 1.46. The number of rotatable bonds is 10. The summed E-state index contributed by atoms with van der Waals surface area (Å²) in [6.45, 7) is 2.19. The highest BCUT2D eigenvalue weighted by atomic mass is 32.3. The maximum atomic E-state index is 10.8. The molecule has 0 aromatic carbocycles. The Morgan fingerprint density at radius 1 is 1.00 bits per heavy atom. The van der Waals surface area contributed by atoms with Gasteiger partial charge in [0.05, 0.1) is 4.55 Å². The molecule has 15 heavy (non-hydrogen) atoms. The second kappa shape index (κ2) is 9.27. The van der Waals surface area contributed by atoms with E-state index in [9.17, 15) is 8.76 Å². The van der Waals surface area contributed by atoms with E-state index in [-0.39, 0.29) is 5.75 Å². The van der Waals surface area contributed by atoms with Gasteiger partial charge in [0.25, 0.3) is 0 Å².